The maximum Gasteiger partial charge on any atom is 0.410 e. The first-order chi connectivity index (χ1) is 15.2. The van der Waals surface area contributed by atoms with Crippen LogP contribution in [0.1, 0.15) is 32.3 Å². The molecule has 1 amide bonds. The average Bonchev–Trinajstić information content (AvgIpc) is 3.55. The maximum atomic E-state index is 14.0. The van der Waals surface area contributed by atoms with E-state index in [1.54, 1.807) is 17.0 Å². The summed E-state index contributed by atoms with van der Waals surface area (Å²) in [6.45, 7) is 5.99. The monoisotopic (exact) mass is 452 g/mol. The normalized spacial score (nSPS) is 20.3. The molecule has 176 valence electrons. The molecule has 1 aromatic carbocycles. The Morgan fingerprint density at radius 3 is 2.25 bits per heavy atom. The minimum absolute atomic E-state index is 0.0549. The number of nitrogens with one attached hydrogen (secondary N) is 1. The van der Waals surface area contributed by atoms with E-state index >= 15 is 0 Å². The number of carbonyl (C=O) groups is 3. The van der Waals surface area contributed by atoms with Gasteiger partial charge in [-0.1, -0.05) is 0 Å². The highest BCUT2D eigenvalue weighted by molar-refractivity contribution is 5.89. The van der Waals surface area contributed by atoms with Gasteiger partial charge >= 0.3 is 18.0 Å². The van der Waals surface area contributed by atoms with Crippen LogP contribution >= 0.6 is 0 Å². The van der Waals surface area contributed by atoms with Crippen LogP contribution in [0.3, 0.4) is 0 Å². The third-order valence-corrected chi connectivity index (χ3v) is 4.96. The summed E-state index contributed by atoms with van der Waals surface area (Å²) in [6.07, 6.45) is 3.12. The maximum absolute atomic E-state index is 14.0. The predicted molar refractivity (Wildman–Crippen MR) is 113 cm³/mol. The fourth-order valence-corrected chi connectivity index (χ4v) is 3.10. The summed E-state index contributed by atoms with van der Waals surface area (Å²) >= 11 is 0. The lowest BCUT2D eigenvalue weighted by Gasteiger charge is -2.38. The van der Waals surface area contributed by atoms with Gasteiger partial charge in [-0.15, -0.1) is 0 Å². The topological polar surface area (TPSA) is 125 Å². The van der Waals surface area contributed by atoms with Crippen molar-refractivity contribution >= 4 is 18.0 Å². The minimum Gasteiger partial charge on any atom is -0.493 e. The van der Waals surface area contributed by atoms with Crippen LogP contribution < -0.4 is 10.1 Å². The van der Waals surface area contributed by atoms with Crippen molar-refractivity contribution in [3.8, 4) is 5.75 Å². The smallest absolute Gasteiger partial charge is 0.410 e. The number of benzene rings is 1. The number of carboxylic acid groups (broad SMARTS) is 2. The van der Waals surface area contributed by atoms with Gasteiger partial charge in [0.05, 0.1) is 6.61 Å². The molecule has 0 bridgehead atoms. The van der Waals surface area contributed by atoms with E-state index in [0.717, 1.165) is 13.1 Å². The summed E-state index contributed by atoms with van der Waals surface area (Å²) in [5.41, 5.74) is 0.340. The molecule has 1 aromatic rings. The minimum atomic E-state index is -1.26. The molecule has 0 radical (unpaired) electrons. The molecule has 9 nitrogen and oxygen atoms in total. The molecule has 3 rings (SSSR count). The third-order valence-electron chi connectivity index (χ3n) is 4.96. The van der Waals surface area contributed by atoms with Gasteiger partial charge in [-0.25, -0.2) is 18.8 Å². The molecule has 0 aromatic heterocycles. The number of amides is 1. The molecule has 0 unspecified atom stereocenters. The van der Waals surface area contributed by atoms with Crippen LogP contribution in [0.4, 0.5) is 9.18 Å². The van der Waals surface area contributed by atoms with Crippen molar-refractivity contribution in [2.24, 2.45) is 5.92 Å². The van der Waals surface area contributed by atoms with Crippen LogP contribution in [0.25, 0.3) is 0 Å². The molecule has 32 heavy (non-hydrogen) atoms. The van der Waals surface area contributed by atoms with E-state index in [1.165, 1.54) is 18.9 Å². The van der Waals surface area contributed by atoms with Gasteiger partial charge in [0.2, 0.25) is 0 Å². The Hall–Kier alpha value is -3.14. The van der Waals surface area contributed by atoms with Crippen molar-refractivity contribution in [1.82, 2.24) is 10.2 Å². The Balaban J connectivity index is 0.000000390. The van der Waals surface area contributed by atoms with Gasteiger partial charge in [-0.05, 0) is 50.8 Å². The number of hydrogen-bond acceptors (Lipinski definition) is 6. The number of hydrogen-bond donors (Lipinski definition) is 3. The van der Waals surface area contributed by atoms with Crippen LogP contribution in [0.15, 0.2) is 30.4 Å². The highest BCUT2D eigenvalue weighted by Crippen LogP contribution is 2.30. The van der Waals surface area contributed by atoms with E-state index in [9.17, 15) is 18.8 Å². The second kappa shape index (κ2) is 12.0. The highest BCUT2D eigenvalue weighted by atomic mass is 19.1. The molecule has 1 heterocycles. The molecule has 10 heteroatoms. The van der Waals surface area contributed by atoms with E-state index in [0.29, 0.717) is 36.0 Å². The third kappa shape index (κ3) is 8.54. The number of rotatable bonds is 7. The second-order valence-electron chi connectivity index (χ2n) is 7.84. The number of piperazine rings is 1. The highest BCUT2D eigenvalue weighted by Gasteiger charge is 2.30. The fourth-order valence-electron chi connectivity index (χ4n) is 3.10. The number of halogens is 1. The number of ether oxygens (including phenoxy) is 2. The van der Waals surface area contributed by atoms with Crippen LogP contribution in [0.5, 0.6) is 5.75 Å². The summed E-state index contributed by atoms with van der Waals surface area (Å²) in [6, 6.07) is 4.71. The Kier molecular flexibility index (Phi) is 9.45. The molecule has 0 spiro atoms. The van der Waals surface area contributed by atoms with Crippen molar-refractivity contribution in [2.45, 2.75) is 45.4 Å². The SMILES string of the molecule is C[C@@H]1CNC[C@H](C)N1C(=O)OCc1cc(OCC2CC2)ccc1F.O=C(O)/C=C/C(=O)O. The van der Waals surface area contributed by atoms with Crippen molar-refractivity contribution in [2.75, 3.05) is 19.7 Å². The van der Waals surface area contributed by atoms with Gasteiger partial charge in [-0.3, -0.25) is 0 Å². The molecule has 1 saturated heterocycles. The Bertz CT molecular complexity index is 816. The number of aliphatic carboxylic acids is 2. The van der Waals surface area contributed by atoms with E-state index < -0.39 is 18.0 Å². The van der Waals surface area contributed by atoms with E-state index in [1.807, 2.05) is 13.8 Å². The first kappa shape index (κ1) is 25.1. The standard InChI is InChI=1S/C18H25FN2O3.C4H4O4/c1-12-8-20-9-13(2)21(12)18(22)24-11-15-7-16(5-6-17(15)19)23-10-14-3-4-14;5-3(6)1-2-4(7)8/h5-7,12-14,20H,3-4,8-11H2,1-2H3;1-2H,(H,5,6)(H,7,8)/b;2-1+/t12-,13+;. The Morgan fingerprint density at radius 1 is 1.12 bits per heavy atom. The van der Waals surface area contributed by atoms with Gasteiger partial charge in [0, 0.05) is 42.9 Å². The summed E-state index contributed by atoms with van der Waals surface area (Å²) in [7, 11) is 0. The number of nitrogens with zero attached hydrogens (tertiary/aromatic N) is 1. The first-order valence-corrected chi connectivity index (χ1v) is 10.4. The van der Waals surface area contributed by atoms with Crippen LogP contribution in [-0.4, -0.2) is 64.9 Å². The first-order valence-electron chi connectivity index (χ1n) is 10.4. The molecule has 1 aliphatic carbocycles. The van der Waals surface area contributed by atoms with Crippen LogP contribution in [0.2, 0.25) is 0 Å². The molecular formula is C22H29FN2O7. The Morgan fingerprint density at radius 2 is 1.72 bits per heavy atom. The van der Waals surface area contributed by atoms with Crippen LogP contribution in [0, 0.1) is 11.7 Å². The van der Waals surface area contributed by atoms with Crippen molar-refractivity contribution in [3.05, 3.63) is 41.7 Å². The second-order valence-corrected chi connectivity index (χ2v) is 7.84. The zero-order valence-corrected chi connectivity index (χ0v) is 18.1. The molecule has 1 aliphatic heterocycles. The lowest BCUT2D eigenvalue weighted by Crippen LogP contribution is -2.57. The van der Waals surface area contributed by atoms with Gasteiger partial charge in [-0.2, -0.15) is 0 Å². The number of carboxylic acids is 2. The molecule has 2 fully saturated rings. The molecule has 1 saturated carbocycles. The van der Waals surface area contributed by atoms with Gasteiger partial charge in [0.25, 0.3) is 0 Å². The predicted octanol–water partition coefficient (Wildman–Crippen LogP) is 2.65. The van der Waals surface area contributed by atoms with Gasteiger partial charge in [0.15, 0.2) is 0 Å². The Labute approximate surface area is 185 Å². The zero-order valence-electron chi connectivity index (χ0n) is 18.1. The number of carbonyl (C=O) groups excluding carboxylic acids is 1. The summed E-state index contributed by atoms with van der Waals surface area (Å²) < 4.78 is 25.0. The van der Waals surface area contributed by atoms with E-state index in [2.05, 4.69) is 5.32 Å². The van der Waals surface area contributed by atoms with Gasteiger partial charge < -0.3 is 29.9 Å². The molecule has 3 N–H and O–H groups in total. The summed E-state index contributed by atoms with van der Waals surface area (Å²) in [4.78, 5) is 33.2. The molecule has 2 atom stereocenters. The summed E-state index contributed by atoms with van der Waals surface area (Å²) in [5.74, 6) is -1.65. The van der Waals surface area contributed by atoms with Gasteiger partial charge in [0.1, 0.15) is 18.2 Å². The average molecular weight is 452 g/mol. The fraction of sp³-hybridized carbons (Fsp3) is 0.500. The summed E-state index contributed by atoms with van der Waals surface area (Å²) in [5, 5.41) is 18.9. The largest absolute Gasteiger partial charge is 0.493 e. The lowest BCUT2D eigenvalue weighted by atomic mass is 10.1. The lowest BCUT2D eigenvalue weighted by molar-refractivity contribution is -0.134. The zero-order chi connectivity index (χ0) is 23.7. The van der Waals surface area contributed by atoms with Crippen LogP contribution in [-0.2, 0) is 20.9 Å². The molecular weight excluding hydrogens is 423 g/mol. The van der Waals surface area contributed by atoms with E-state index in [4.69, 9.17) is 19.7 Å². The quantitative estimate of drug-likeness (QED) is 0.539. The van der Waals surface area contributed by atoms with Crippen molar-refractivity contribution in [1.29, 1.82) is 0 Å². The van der Waals surface area contributed by atoms with Crippen molar-refractivity contribution < 1.29 is 38.5 Å². The molecule has 2 aliphatic rings. The van der Waals surface area contributed by atoms with E-state index in [-0.39, 0.29) is 24.5 Å². The van der Waals surface area contributed by atoms with Crippen molar-refractivity contribution in [3.63, 3.8) is 0 Å².